The molecule has 0 unspecified atom stereocenters. The average molecular weight is 468 g/mol. The highest BCUT2D eigenvalue weighted by Crippen LogP contribution is 2.45. The van der Waals surface area contributed by atoms with Crippen LogP contribution in [0.4, 0.5) is 13.2 Å². The molecule has 10 heteroatoms. The van der Waals surface area contributed by atoms with Gasteiger partial charge in [-0.15, -0.1) is 0 Å². The fourth-order valence-electron chi connectivity index (χ4n) is 4.00. The van der Waals surface area contributed by atoms with Gasteiger partial charge in [-0.1, -0.05) is 24.3 Å². The zero-order valence-electron chi connectivity index (χ0n) is 18.8. The first-order valence-electron chi connectivity index (χ1n) is 11.0. The van der Waals surface area contributed by atoms with Crippen LogP contribution in [0.25, 0.3) is 22.6 Å². The molecule has 0 N–H and O–H groups in total. The molecule has 34 heavy (non-hydrogen) atoms. The lowest BCUT2D eigenvalue weighted by molar-refractivity contribution is -0.140. The molecule has 1 aromatic carbocycles. The molecule has 3 heterocycles. The number of methoxy groups -OCH3 is 1. The molecule has 4 aromatic rings. The van der Waals surface area contributed by atoms with Gasteiger partial charge in [0.2, 0.25) is 5.88 Å². The van der Waals surface area contributed by atoms with E-state index in [1.807, 2.05) is 29.1 Å². The standard InChI is InChI=1S/C24H23F3N6O/c1-3-32-13-19(24(25,26)27)30-22(32)17-6-4-15(5-7-17)12-33-11-10-18(31-33)20-21(16-8-9-16)28-14-29-23(20)34-2/h4-7,10-11,13-14,16H,3,8-9,12H2,1-2H3. The first kappa shape index (κ1) is 22.1. The molecule has 0 atom stereocenters. The molecule has 0 saturated heterocycles. The van der Waals surface area contributed by atoms with E-state index in [9.17, 15) is 13.2 Å². The highest BCUT2D eigenvalue weighted by Gasteiger charge is 2.35. The number of rotatable bonds is 7. The second kappa shape index (κ2) is 8.58. The summed E-state index contributed by atoms with van der Waals surface area (Å²) >= 11 is 0. The van der Waals surface area contributed by atoms with Crippen molar-refractivity contribution < 1.29 is 17.9 Å². The minimum atomic E-state index is -4.47. The zero-order valence-corrected chi connectivity index (χ0v) is 18.8. The van der Waals surface area contributed by atoms with Gasteiger partial charge in [0.05, 0.1) is 30.6 Å². The van der Waals surface area contributed by atoms with E-state index in [1.54, 1.807) is 26.2 Å². The molecule has 176 valence electrons. The quantitative estimate of drug-likeness (QED) is 0.374. The lowest BCUT2D eigenvalue weighted by atomic mass is 10.1. The first-order chi connectivity index (χ1) is 16.4. The Labute approximate surface area is 194 Å². The van der Waals surface area contributed by atoms with Crippen LogP contribution in [0.2, 0.25) is 0 Å². The maximum atomic E-state index is 13.1. The Morgan fingerprint density at radius 3 is 2.50 bits per heavy atom. The van der Waals surface area contributed by atoms with Crippen molar-refractivity contribution in [2.24, 2.45) is 0 Å². The molecule has 5 rings (SSSR count). The Morgan fingerprint density at radius 1 is 1.09 bits per heavy atom. The highest BCUT2D eigenvalue weighted by molar-refractivity contribution is 5.68. The van der Waals surface area contributed by atoms with Crippen LogP contribution < -0.4 is 4.74 Å². The van der Waals surface area contributed by atoms with Crippen LogP contribution in [0.3, 0.4) is 0 Å². The third-order valence-electron chi connectivity index (χ3n) is 5.86. The van der Waals surface area contributed by atoms with E-state index in [-0.39, 0.29) is 0 Å². The van der Waals surface area contributed by atoms with Crippen molar-refractivity contribution in [3.8, 4) is 28.5 Å². The number of ether oxygens (including phenoxy) is 1. The van der Waals surface area contributed by atoms with Crippen LogP contribution in [0.5, 0.6) is 5.88 Å². The molecule has 3 aromatic heterocycles. The van der Waals surface area contributed by atoms with E-state index in [1.165, 1.54) is 10.9 Å². The van der Waals surface area contributed by atoms with Gasteiger partial charge in [-0.2, -0.15) is 18.3 Å². The van der Waals surface area contributed by atoms with Crippen LogP contribution in [0.15, 0.2) is 49.1 Å². The number of aryl methyl sites for hydroxylation is 1. The van der Waals surface area contributed by atoms with Gasteiger partial charge in [-0.05, 0) is 31.4 Å². The van der Waals surface area contributed by atoms with E-state index in [4.69, 9.17) is 9.84 Å². The molecule has 1 aliphatic rings. The Balaban J connectivity index is 1.38. The second-order valence-electron chi connectivity index (χ2n) is 8.25. The maximum absolute atomic E-state index is 13.1. The lowest BCUT2D eigenvalue weighted by Crippen LogP contribution is -2.05. The van der Waals surface area contributed by atoms with Gasteiger partial charge in [0.15, 0.2) is 5.69 Å². The molecule has 1 saturated carbocycles. The summed E-state index contributed by atoms with van der Waals surface area (Å²) in [6.45, 7) is 2.69. The average Bonchev–Trinajstić information content (AvgIpc) is 3.41. The summed E-state index contributed by atoms with van der Waals surface area (Å²) in [6, 6.07) is 9.24. The van der Waals surface area contributed by atoms with Crippen LogP contribution in [0.1, 0.15) is 42.6 Å². The number of hydrogen-bond acceptors (Lipinski definition) is 5. The van der Waals surface area contributed by atoms with E-state index in [0.29, 0.717) is 36.3 Å². The van der Waals surface area contributed by atoms with Crippen molar-refractivity contribution in [2.75, 3.05) is 7.11 Å². The summed E-state index contributed by atoms with van der Waals surface area (Å²) in [5, 5.41) is 4.71. The summed E-state index contributed by atoms with van der Waals surface area (Å²) in [5.41, 5.74) is 3.24. The SMILES string of the molecule is CCn1cc(C(F)(F)F)nc1-c1ccc(Cn2ccc(-c3c(OC)ncnc3C3CC3)n2)cc1. The minimum absolute atomic E-state index is 0.298. The van der Waals surface area contributed by atoms with Gasteiger partial charge in [-0.25, -0.2) is 15.0 Å². The molecule has 1 fully saturated rings. The van der Waals surface area contributed by atoms with Gasteiger partial charge in [-0.3, -0.25) is 4.68 Å². The van der Waals surface area contributed by atoms with Crippen molar-refractivity contribution in [2.45, 2.75) is 44.9 Å². The maximum Gasteiger partial charge on any atom is 0.434 e. The van der Waals surface area contributed by atoms with E-state index in [2.05, 4.69) is 15.0 Å². The molecular weight excluding hydrogens is 445 g/mol. The van der Waals surface area contributed by atoms with Crippen molar-refractivity contribution in [3.63, 3.8) is 0 Å². The predicted molar refractivity (Wildman–Crippen MR) is 119 cm³/mol. The topological polar surface area (TPSA) is 70.7 Å². The number of halogens is 3. The highest BCUT2D eigenvalue weighted by atomic mass is 19.4. The molecule has 7 nitrogen and oxygen atoms in total. The Morgan fingerprint density at radius 2 is 1.85 bits per heavy atom. The van der Waals surface area contributed by atoms with Gasteiger partial charge in [0.25, 0.3) is 0 Å². The van der Waals surface area contributed by atoms with Crippen LogP contribution in [-0.4, -0.2) is 36.4 Å². The zero-order chi connectivity index (χ0) is 23.9. The van der Waals surface area contributed by atoms with Crippen molar-refractivity contribution in [1.82, 2.24) is 29.3 Å². The molecule has 0 bridgehead atoms. The number of benzene rings is 1. The molecule has 0 aliphatic heterocycles. The molecule has 1 aliphatic carbocycles. The smallest absolute Gasteiger partial charge is 0.434 e. The first-order valence-corrected chi connectivity index (χ1v) is 11.0. The summed E-state index contributed by atoms with van der Waals surface area (Å²) in [7, 11) is 1.59. The molecule has 0 amide bonds. The van der Waals surface area contributed by atoms with Crippen molar-refractivity contribution in [3.05, 3.63) is 66.0 Å². The van der Waals surface area contributed by atoms with Gasteiger partial charge in [0.1, 0.15) is 12.2 Å². The Kier molecular flexibility index (Phi) is 5.59. The Bertz CT molecular complexity index is 1310. The fraction of sp³-hybridized carbons (Fsp3) is 0.333. The summed E-state index contributed by atoms with van der Waals surface area (Å²) in [4.78, 5) is 12.5. The lowest BCUT2D eigenvalue weighted by Gasteiger charge is -2.09. The normalized spacial score (nSPS) is 13.9. The third kappa shape index (κ3) is 4.27. The second-order valence-corrected chi connectivity index (χ2v) is 8.25. The molecule has 0 spiro atoms. The predicted octanol–water partition coefficient (Wildman–Crippen LogP) is 5.18. The van der Waals surface area contributed by atoms with Crippen LogP contribution in [0, 0.1) is 0 Å². The van der Waals surface area contributed by atoms with E-state index < -0.39 is 11.9 Å². The largest absolute Gasteiger partial charge is 0.480 e. The van der Waals surface area contributed by atoms with E-state index >= 15 is 0 Å². The van der Waals surface area contributed by atoms with Crippen molar-refractivity contribution in [1.29, 1.82) is 0 Å². The van der Waals surface area contributed by atoms with E-state index in [0.717, 1.165) is 41.6 Å². The van der Waals surface area contributed by atoms with Gasteiger partial charge < -0.3 is 9.30 Å². The van der Waals surface area contributed by atoms with Crippen LogP contribution >= 0.6 is 0 Å². The van der Waals surface area contributed by atoms with Crippen molar-refractivity contribution >= 4 is 0 Å². The number of imidazole rings is 1. The summed E-state index contributed by atoms with van der Waals surface area (Å²) in [5.74, 6) is 1.22. The summed E-state index contributed by atoms with van der Waals surface area (Å²) in [6.07, 6.45) is 2.18. The number of aromatic nitrogens is 6. The van der Waals surface area contributed by atoms with Crippen LogP contribution in [-0.2, 0) is 19.3 Å². The number of nitrogens with zero attached hydrogens (tertiary/aromatic N) is 6. The monoisotopic (exact) mass is 468 g/mol. The Hall–Kier alpha value is -3.69. The number of hydrogen-bond donors (Lipinski definition) is 0. The fourth-order valence-corrected chi connectivity index (χ4v) is 4.00. The molecule has 0 radical (unpaired) electrons. The molecular formula is C24H23F3N6O. The summed E-state index contributed by atoms with van der Waals surface area (Å²) < 4.78 is 48.0. The van der Waals surface area contributed by atoms with Gasteiger partial charge in [0, 0.05) is 30.4 Å². The third-order valence-corrected chi connectivity index (χ3v) is 5.86. The minimum Gasteiger partial charge on any atom is -0.480 e. The van der Waals surface area contributed by atoms with Gasteiger partial charge >= 0.3 is 6.18 Å². The number of alkyl halides is 3.